The molecule has 1 atom stereocenters. The molecule has 1 unspecified atom stereocenters. The van der Waals surface area contributed by atoms with Crippen LogP contribution in [0.25, 0.3) is 0 Å². The van der Waals surface area contributed by atoms with Gasteiger partial charge in [-0.05, 0) is 138 Å². The van der Waals surface area contributed by atoms with Gasteiger partial charge in [-0.2, -0.15) is 4.31 Å². The Bertz CT molecular complexity index is 1500. The number of likely N-dealkylation sites (tertiary alicyclic amines) is 2. The van der Waals surface area contributed by atoms with Crippen LogP contribution < -0.4 is 4.74 Å². The number of amides is 1. The van der Waals surface area contributed by atoms with E-state index in [4.69, 9.17) is 9.47 Å². The summed E-state index contributed by atoms with van der Waals surface area (Å²) < 4.78 is 55.0. The maximum atomic E-state index is 14.3. The molecule has 258 valence electrons. The van der Waals surface area contributed by atoms with Crippen LogP contribution in [0.3, 0.4) is 0 Å². The molecule has 4 aliphatic rings. The molecule has 3 heterocycles. The Morgan fingerprint density at radius 3 is 2.19 bits per heavy atom. The van der Waals surface area contributed by atoms with Gasteiger partial charge >= 0.3 is 0 Å². The fourth-order valence-electron chi connectivity index (χ4n) is 9.02. The molecule has 2 aromatic carbocycles. The molecule has 3 saturated heterocycles. The van der Waals surface area contributed by atoms with Gasteiger partial charge in [0.25, 0.3) is 0 Å². The second-order valence-corrected chi connectivity index (χ2v) is 16.3. The lowest BCUT2D eigenvalue weighted by Crippen LogP contribution is -2.52. The minimum Gasteiger partial charge on any atom is -0.497 e. The Morgan fingerprint density at radius 2 is 1.55 bits per heavy atom. The molecule has 1 amide bonds. The maximum Gasteiger partial charge on any atom is 0.248 e. The van der Waals surface area contributed by atoms with Gasteiger partial charge in [0.15, 0.2) is 0 Å². The van der Waals surface area contributed by atoms with Gasteiger partial charge in [-0.25, -0.2) is 12.8 Å². The third-order valence-electron chi connectivity index (χ3n) is 11.7. The number of benzene rings is 2. The van der Waals surface area contributed by atoms with Crippen molar-refractivity contribution in [2.24, 2.45) is 5.41 Å². The smallest absolute Gasteiger partial charge is 0.248 e. The van der Waals surface area contributed by atoms with Crippen LogP contribution in [0.15, 0.2) is 41.3 Å². The van der Waals surface area contributed by atoms with Gasteiger partial charge in [0, 0.05) is 31.2 Å². The summed E-state index contributed by atoms with van der Waals surface area (Å²) in [6, 6.07) is 10.5. The van der Waals surface area contributed by atoms with E-state index < -0.39 is 10.0 Å². The van der Waals surface area contributed by atoms with Gasteiger partial charge < -0.3 is 14.4 Å². The summed E-state index contributed by atoms with van der Waals surface area (Å²) in [5.74, 6) is 0.465. The lowest BCUT2D eigenvalue weighted by Gasteiger charge is -2.53. The SMILES string of the molecule is COc1cc(C)c(S(=O)(=O)N2CCCCC2COCC(=O)N2CCC3(CC2)CCC(c2cccc(F)c2)(N2CCCC2)CC3)c(C)c1. The number of methoxy groups -OCH3 is 1. The number of sulfonamides is 1. The standard InChI is InChI=1S/C37H52FN3O5S/c1-28-23-33(45-3)24-29(2)35(28)47(43,44)41-20-5-4-11-32(41)26-46-27-34(42)39-21-16-36(17-22-39)12-14-37(15-13-36,40-18-6-7-19-40)30-9-8-10-31(38)25-30/h8-10,23-25,32H,4-7,11-22,26-27H2,1-3H3. The van der Waals surface area contributed by atoms with Gasteiger partial charge in [0.2, 0.25) is 15.9 Å². The Balaban J connectivity index is 1.03. The van der Waals surface area contributed by atoms with Gasteiger partial charge in [-0.15, -0.1) is 0 Å². The van der Waals surface area contributed by atoms with Crippen molar-refractivity contribution in [3.8, 4) is 5.75 Å². The van der Waals surface area contributed by atoms with Crippen LogP contribution >= 0.6 is 0 Å². The number of piperidine rings is 2. The Labute approximate surface area is 280 Å². The predicted molar refractivity (Wildman–Crippen MR) is 180 cm³/mol. The molecule has 8 nitrogen and oxygen atoms in total. The number of carbonyl (C=O) groups is 1. The maximum absolute atomic E-state index is 14.3. The largest absolute Gasteiger partial charge is 0.497 e. The molecule has 0 aromatic heterocycles. The zero-order valence-corrected chi connectivity index (χ0v) is 29.3. The second kappa shape index (κ2) is 14.1. The fourth-order valence-corrected chi connectivity index (χ4v) is 11.1. The highest BCUT2D eigenvalue weighted by Crippen LogP contribution is 2.53. The topological polar surface area (TPSA) is 79.4 Å². The lowest BCUT2D eigenvalue weighted by molar-refractivity contribution is -0.139. The molecule has 3 aliphatic heterocycles. The summed E-state index contributed by atoms with van der Waals surface area (Å²) in [7, 11) is -2.16. The van der Waals surface area contributed by atoms with Crippen molar-refractivity contribution in [2.75, 3.05) is 53.0 Å². The van der Waals surface area contributed by atoms with Crippen LogP contribution in [0.5, 0.6) is 5.75 Å². The van der Waals surface area contributed by atoms with Crippen molar-refractivity contribution in [1.29, 1.82) is 0 Å². The van der Waals surface area contributed by atoms with E-state index in [9.17, 15) is 17.6 Å². The van der Waals surface area contributed by atoms with Crippen molar-refractivity contribution in [1.82, 2.24) is 14.1 Å². The Hall–Kier alpha value is -2.53. The van der Waals surface area contributed by atoms with E-state index in [1.54, 1.807) is 49.5 Å². The quantitative estimate of drug-likeness (QED) is 0.317. The zero-order valence-electron chi connectivity index (χ0n) is 28.4. The minimum atomic E-state index is -3.74. The molecule has 0 radical (unpaired) electrons. The number of carbonyl (C=O) groups excluding carboxylic acids is 1. The summed E-state index contributed by atoms with van der Waals surface area (Å²) in [5.41, 5.74) is 2.59. The van der Waals surface area contributed by atoms with E-state index in [0.29, 0.717) is 34.7 Å². The number of nitrogens with zero attached hydrogens (tertiary/aromatic N) is 3. The van der Waals surface area contributed by atoms with Crippen molar-refractivity contribution < 1.29 is 27.1 Å². The van der Waals surface area contributed by atoms with E-state index in [-0.39, 0.29) is 41.9 Å². The molecule has 6 rings (SSSR count). The highest BCUT2D eigenvalue weighted by molar-refractivity contribution is 7.89. The minimum absolute atomic E-state index is 0.0195. The highest BCUT2D eigenvalue weighted by Gasteiger charge is 2.48. The Morgan fingerprint density at radius 1 is 0.894 bits per heavy atom. The van der Waals surface area contributed by atoms with Crippen molar-refractivity contribution in [2.45, 2.75) is 101 Å². The molecular weight excluding hydrogens is 617 g/mol. The lowest BCUT2D eigenvalue weighted by atomic mass is 9.61. The summed E-state index contributed by atoms with van der Waals surface area (Å²) >= 11 is 0. The van der Waals surface area contributed by atoms with Crippen molar-refractivity contribution >= 4 is 15.9 Å². The third-order valence-corrected chi connectivity index (χ3v) is 14.0. The van der Waals surface area contributed by atoms with Crippen LogP contribution in [0.2, 0.25) is 0 Å². The van der Waals surface area contributed by atoms with Crippen LogP contribution in [0.1, 0.15) is 87.3 Å². The predicted octanol–water partition coefficient (Wildman–Crippen LogP) is 6.19. The fraction of sp³-hybridized carbons (Fsp3) is 0.649. The summed E-state index contributed by atoms with van der Waals surface area (Å²) in [5, 5.41) is 0. The molecule has 1 spiro atoms. The normalized spacial score (nSPS) is 23.7. The van der Waals surface area contributed by atoms with E-state index in [1.165, 1.54) is 12.8 Å². The molecule has 0 N–H and O–H groups in total. The summed E-state index contributed by atoms with van der Waals surface area (Å²) in [4.78, 5) is 18.1. The molecule has 0 bridgehead atoms. The van der Waals surface area contributed by atoms with Crippen LogP contribution in [-0.4, -0.2) is 87.5 Å². The van der Waals surface area contributed by atoms with Gasteiger partial charge in [-0.3, -0.25) is 9.69 Å². The van der Waals surface area contributed by atoms with Gasteiger partial charge in [0.05, 0.1) is 18.6 Å². The van der Waals surface area contributed by atoms with Crippen molar-refractivity contribution in [3.63, 3.8) is 0 Å². The molecule has 4 fully saturated rings. The molecule has 47 heavy (non-hydrogen) atoms. The number of rotatable bonds is 9. The Kier molecular flexibility index (Phi) is 10.3. The molecule has 1 aliphatic carbocycles. The summed E-state index contributed by atoms with van der Waals surface area (Å²) in [6.45, 7) is 7.83. The first-order valence-corrected chi connectivity index (χ1v) is 19.0. The molecular formula is C37H52FN3O5S. The molecule has 1 saturated carbocycles. The number of ether oxygens (including phenoxy) is 2. The monoisotopic (exact) mass is 669 g/mol. The highest BCUT2D eigenvalue weighted by atomic mass is 32.2. The zero-order chi connectivity index (χ0) is 33.2. The number of hydrogen-bond donors (Lipinski definition) is 0. The average molecular weight is 670 g/mol. The van der Waals surface area contributed by atoms with E-state index in [2.05, 4.69) is 11.0 Å². The first kappa shape index (κ1) is 34.3. The third kappa shape index (κ3) is 6.98. The first-order chi connectivity index (χ1) is 22.6. The molecule has 10 heteroatoms. The van der Waals surface area contributed by atoms with Crippen molar-refractivity contribution in [3.05, 3.63) is 58.9 Å². The van der Waals surface area contributed by atoms with E-state index in [1.807, 2.05) is 11.0 Å². The van der Waals surface area contributed by atoms with E-state index >= 15 is 0 Å². The number of hydrogen-bond acceptors (Lipinski definition) is 6. The van der Waals surface area contributed by atoms with Crippen LogP contribution in [0.4, 0.5) is 4.39 Å². The first-order valence-electron chi connectivity index (χ1n) is 17.6. The van der Waals surface area contributed by atoms with Gasteiger partial charge in [-0.1, -0.05) is 18.6 Å². The van der Waals surface area contributed by atoms with Crippen LogP contribution in [-0.2, 0) is 25.1 Å². The number of halogens is 1. The second-order valence-electron chi connectivity index (χ2n) is 14.5. The summed E-state index contributed by atoms with van der Waals surface area (Å²) in [6.07, 6.45) is 11.1. The van der Waals surface area contributed by atoms with Gasteiger partial charge in [0.1, 0.15) is 18.2 Å². The van der Waals surface area contributed by atoms with Crippen LogP contribution in [0, 0.1) is 25.1 Å². The van der Waals surface area contributed by atoms with E-state index in [0.717, 1.165) is 83.1 Å². The number of aryl methyl sites for hydroxylation is 2. The molecule has 2 aromatic rings. The average Bonchev–Trinajstić information content (AvgIpc) is 3.61.